The third kappa shape index (κ3) is 5.24. The van der Waals surface area contributed by atoms with Gasteiger partial charge in [0, 0.05) is 22.8 Å². The quantitative estimate of drug-likeness (QED) is 0.817. The van der Waals surface area contributed by atoms with Crippen molar-refractivity contribution in [2.24, 2.45) is 0 Å². The standard InChI is InChI=1S/C13H13BrF3NO2/c1-2-18(8-13(15,16)17)11-5-4-10(14)7-9(11)3-6-12(19)20/h3-7H,2,8H2,1H3,(H,19,20)/b6-3+. The van der Waals surface area contributed by atoms with Gasteiger partial charge in [-0.1, -0.05) is 15.9 Å². The Morgan fingerprint density at radius 2 is 2.10 bits per heavy atom. The van der Waals surface area contributed by atoms with Crippen LogP contribution in [-0.2, 0) is 4.79 Å². The molecule has 110 valence electrons. The topological polar surface area (TPSA) is 40.5 Å². The molecule has 1 rings (SSSR count). The van der Waals surface area contributed by atoms with Crippen LogP contribution < -0.4 is 4.90 Å². The van der Waals surface area contributed by atoms with Crippen molar-refractivity contribution in [3.8, 4) is 0 Å². The number of anilines is 1. The Morgan fingerprint density at radius 3 is 2.60 bits per heavy atom. The van der Waals surface area contributed by atoms with E-state index in [0.29, 0.717) is 15.7 Å². The maximum absolute atomic E-state index is 12.5. The molecule has 0 bridgehead atoms. The van der Waals surface area contributed by atoms with Crippen molar-refractivity contribution in [1.29, 1.82) is 0 Å². The van der Waals surface area contributed by atoms with Crippen molar-refractivity contribution in [2.45, 2.75) is 13.1 Å². The van der Waals surface area contributed by atoms with Gasteiger partial charge in [0.25, 0.3) is 0 Å². The van der Waals surface area contributed by atoms with Crippen LogP contribution in [0.1, 0.15) is 12.5 Å². The van der Waals surface area contributed by atoms with E-state index in [1.54, 1.807) is 19.1 Å². The van der Waals surface area contributed by atoms with E-state index in [2.05, 4.69) is 15.9 Å². The van der Waals surface area contributed by atoms with Gasteiger partial charge in [0.1, 0.15) is 6.54 Å². The van der Waals surface area contributed by atoms with Crippen molar-refractivity contribution in [3.63, 3.8) is 0 Å². The fourth-order valence-corrected chi connectivity index (χ4v) is 2.07. The summed E-state index contributed by atoms with van der Waals surface area (Å²) in [5.41, 5.74) is 0.749. The molecule has 0 aliphatic rings. The van der Waals surface area contributed by atoms with Gasteiger partial charge >= 0.3 is 12.1 Å². The lowest BCUT2D eigenvalue weighted by atomic mass is 10.1. The molecule has 0 aliphatic carbocycles. The van der Waals surface area contributed by atoms with Crippen LogP contribution in [0.3, 0.4) is 0 Å². The molecular weight excluding hydrogens is 339 g/mol. The molecule has 20 heavy (non-hydrogen) atoms. The first kappa shape index (κ1) is 16.6. The number of aliphatic carboxylic acids is 1. The summed E-state index contributed by atoms with van der Waals surface area (Å²) in [5.74, 6) is -1.16. The summed E-state index contributed by atoms with van der Waals surface area (Å²) >= 11 is 3.21. The van der Waals surface area contributed by atoms with E-state index in [4.69, 9.17) is 5.11 Å². The van der Waals surface area contributed by atoms with E-state index in [9.17, 15) is 18.0 Å². The van der Waals surface area contributed by atoms with E-state index in [1.807, 2.05) is 0 Å². The van der Waals surface area contributed by atoms with E-state index < -0.39 is 18.7 Å². The summed E-state index contributed by atoms with van der Waals surface area (Å²) in [6.07, 6.45) is -2.15. The molecule has 7 heteroatoms. The number of benzene rings is 1. The second kappa shape index (κ2) is 6.78. The Morgan fingerprint density at radius 1 is 1.45 bits per heavy atom. The summed E-state index contributed by atoms with van der Waals surface area (Å²) < 4.78 is 38.3. The normalized spacial score (nSPS) is 11.8. The zero-order valence-electron chi connectivity index (χ0n) is 10.6. The summed E-state index contributed by atoms with van der Waals surface area (Å²) in [7, 11) is 0. The molecule has 0 unspecified atom stereocenters. The van der Waals surface area contributed by atoms with Gasteiger partial charge in [0.15, 0.2) is 0 Å². The molecule has 0 saturated heterocycles. The Labute approximate surface area is 122 Å². The van der Waals surface area contributed by atoms with Gasteiger partial charge in [-0.05, 0) is 36.8 Å². The number of rotatable bonds is 5. The maximum atomic E-state index is 12.5. The molecule has 0 atom stereocenters. The van der Waals surface area contributed by atoms with Gasteiger partial charge in [0.2, 0.25) is 0 Å². The van der Waals surface area contributed by atoms with Crippen LogP contribution >= 0.6 is 15.9 Å². The number of hydrogen-bond donors (Lipinski definition) is 1. The molecule has 0 saturated carbocycles. The highest BCUT2D eigenvalue weighted by Gasteiger charge is 2.30. The van der Waals surface area contributed by atoms with Gasteiger partial charge in [-0.15, -0.1) is 0 Å². The molecule has 3 nitrogen and oxygen atoms in total. The largest absolute Gasteiger partial charge is 0.478 e. The highest BCUT2D eigenvalue weighted by Crippen LogP contribution is 2.28. The van der Waals surface area contributed by atoms with E-state index in [1.165, 1.54) is 12.1 Å². The maximum Gasteiger partial charge on any atom is 0.405 e. The fourth-order valence-electron chi connectivity index (χ4n) is 1.69. The van der Waals surface area contributed by atoms with Crippen LogP contribution in [0.15, 0.2) is 28.7 Å². The second-order valence-corrected chi connectivity index (χ2v) is 4.92. The predicted molar refractivity (Wildman–Crippen MR) is 74.8 cm³/mol. The highest BCUT2D eigenvalue weighted by molar-refractivity contribution is 9.10. The van der Waals surface area contributed by atoms with Crippen LogP contribution in [0.2, 0.25) is 0 Å². The highest BCUT2D eigenvalue weighted by atomic mass is 79.9. The number of halogens is 4. The third-order valence-corrected chi connectivity index (χ3v) is 2.98. The van der Waals surface area contributed by atoms with Gasteiger partial charge in [-0.3, -0.25) is 0 Å². The average molecular weight is 352 g/mol. The SMILES string of the molecule is CCN(CC(F)(F)F)c1ccc(Br)cc1/C=C/C(=O)O. The van der Waals surface area contributed by atoms with Gasteiger partial charge in [-0.2, -0.15) is 13.2 Å². The Balaban J connectivity index is 3.17. The number of hydrogen-bond acceptors (Lipinski definition) is 2. The minimum absolute atomic E-state index is 0.162. The van der Waals surface area contributed by atoms with E-state index in [0.717, 1.165) is 11.0 Å². The lowest BCUT2D eigenvalue weighted by Crippen LogP contribution is -2.34. The zero-order valence-corrected chi connectivity index (χ0v) is 12.2. The third-order valence-electron chi connectivity index (χ3n) is 2.49. The molecule has 0 fully saturated rings. The van der Waals surface area contributed by atoms with Crippen LogP contribution in [0, 0.1) is 0 Å². The number of alkyl halides is 3. The molecule has 1 N–H and O–H groups in total. The minimum atomic E-state index is -4.32. The summed E-state index contributed by atoms with van der Waals surface area (Å²) in [4.78, 5) is 11.7. The average Bonchev–Trinajstić information content (AvgIpc) is 2.32. The Hall–Kier alpha value is -1.50. The fraction of sp³-hybridized carbons (Fsp3) is 0.308. The lowest BCUT2D eigenvalue weighted by Gasteiger charge is -2.26. The first-order valence-electron chi connectivity index (χ1n) is 5.75. The molecule has 0 amide bonds. The van der Waals surface area contributed by atoms with Crippen LogP contribution in [-0.4, -0.2) is 30.3 Å². The molecule has 0 heterocycles. The number of nitrogens with zero attached hydrogens (tertiary/aromatic N) is 1. The summed E-state index contributed by atoms with van der Waals surface area (Å²) in [6, 6.07) is 4.72. The van der Waals surface area contributed by atoms with Gasteiger partial charge < -0.3 is 10.0 Å². The van der Waals surface area contributed by atoms with E-state index in [-0.39, 0.29) is 6.54 Å². The van der Waals surface area contributed by atoms with Gasteiger partial charge in [0.05, 0.1) is 0 Å². The lowest BCUT2D eigenvalue weighted by molar-refractivity contribution is -0.131. The van der Waals surface area contributed by atoms with Crippen molar-refractivity contribution >= 4 is 33.7 Å². The Kier molecular flexibility index (Phi) is 5.62. The molecule has 0 aromatic heterocycles. The second-order valence-electron chi connectivity index (χ2n) is 4.00. The number of carbonyl (C=O) groups is 1. The van der Waals surface area contributed by atoms with Crippen LogP contribution in [0.25, 0.3) is 6.08 Å². The monoisotopic (exact) mass is 351 g/mol. The molecular formula is C13H13BrF3NO2. The van der Waals surface area contributed by atoms with Crippen LogP contribution in [0.4, 0.5) is 18.9 Å². The minimum Gasteiger partial charge on any atom is -0.478 e. The van der Waals surface area contributed by atoms with Crippen molar-refractivity contribution in [1.82, 2.24) is 0 Å². The number of carboxylic acids is 1. The van der Waals surface area contributed by atoms with Crippen molar-refractivity contribution in [3.05, 3.63) is 34.3 Å². The van der Waals surface area contributed by atoms with Crippen LogP contribution in [0.5, 0.6) is 0 Å². The summed E-state index contributed by atoms with van der Waals surface area (Å²) in [6.45, 7) is 0.687. The molecule has 0 spiro atoms. The molecule has 0 aliphatic heterocycles. The summed E-state index contributed by atoms with van der Waals surface area (Å²) in [5, 5.41) is 8.63. The van der Waals surface area contributed by atoms with Crippen molar-refractivity contribution < 1.29 is 23.1 Å². The smallest absolute Gasteiger partial charge is 0.405 e. The number of carboxylic acid groups (broad SMARTS) is 1. The molecule has 1 aromatic carbocycles. The molecule has 0 radical (unpaired) electrons. The van der Waals surface area contributed by atoms with E-state index >= 15 is 0 Å². The first-order valence-corrected chi connectivity index (χ1v) is 6.54. The van der Waals surface area contributed by atoms with Gasteiger partial charge in [-0.25, -0.2) is 4.79 Å². The molecule has 1 aromatic rings. The first-order chi connectivity index (χ1) is 9.23. The zero-order chi connectivity index (χ0) is 15.3. The van der Waals surface area contributed by atoms with Crippen molar-refractivity contribution in [2.75, 3.05) is 18.0 Å². The Bertz CT molecular complexity index is 515. The predicted octanol–water partition coefficient (Wildman–Crippen LogP) is 3.94.